The molecule has 1 aromatic heterocycles. The van der Waals surface area contributed by atoms with Crippen LogP contribution in [0.4, 0.5) is 15.8 Å². The van der Waals surface area contributed by atoms with Crippen molar-refractivity contribution in [2.45, 2.75) is 25.8 Å². The molecule has 0 spiro atoms. The highest BCUT2D eigenvalue weighted by molar-refractivity contribution is 7.17. The van der Waals surface area contributed by atoms with Gasteiger partial charge < -0.3 is 9.80 Å². The zero-order valence-corrected chi connectivity index (χ0v) is 18.7. The molecule has 3 aromatic rings. The number of piperazine rings is 1. The quantitative estimate of drug-likeness (QED) is 0.586. The minimum absolute atomic E-state index is 0.165. The number of hydrogen-bond donors (Lipinski definition) is 0. The van der Waals surface area contributed by atoms with E-state index < -0.39 is 0 Å². The number of nitriles is 1. The molecular formula is C25H27FN4S. The van der Waals surface area contributed by atoms with Gasteiger partial charge in [0.15, 0.2) is 0 Å². The van der Waals surface area contributed by atoms with Gasteiger partial charge in [-0.3, -0.25) is 4.90 Å². The van der Waals surface area contributed by atoms with Crippen molar-refractivity contribution in [3.05, 3.63) is 58.7 Å². The van der Waals surface area contributed by atoms with Gasteiger partial charge in [0.05, 0.1) is 17.3 Å². The van der Waals surface area contributed by atoms with Gasteiger partial charge in [0, 0.05) is 66.5 Å². The van der Waals surface area contributed by atoms with Gasteiger partial charge in [-0.15, -0.1) is 11.3 Å². The number of hydrogen-bond acceptors (Lipinski definition) is 5. The number of aryl methyl sites for hydroxylation is 1. The third-order valence-electron chi connectivity index (χ3n) is 6.70. The monoisotopic (exact) mass is 434 g/mol. The van der Waals surface area contributed by atoms with E-state index in [4.69, 9.17) is 0 Å². The average molecular weight is 435 g/mol. The van der Waals surface area contributed by atoms with Crippen LogP contribution < -0.4 is 9.80 Å². The van der Waals surface area contributed by atoms with Crippen LogP contribution in [0.2, 0.25) is 0 Å². The Morgan fingerprint density at radius 2 is 2.00 bits per heavy atom. The predicted molar refractivity (Wildman–Crippen MR) is 127 cm³/mol. The normalized spacial score (nSPS) is 19.5. The first kappa shape index (κ1) is 20.3. The Bertz CT molecular complexity index is 1130. The molecule has 0 amide bonds. The van der Waals surface area contributed by atoms with Gasteiger partial charge in [0.1, 0.15) is 5.82 Å². The standard InChI is InChI=1S/C25H27FN4S/c1-18-16-30(24-17-31-25-14-21(26)5-6-22(24)25)12-10-28(18)9-11-29-8-2-3-20-13-19(15-27)4-7-23(20)29/h4-7,13-14,17-18H,2-3,8-12,16H2,1H3. The lowest BCUT2D eigenvalue weighted by atomic mass is 9.99. The van der Waals surface area contributed by atoms with Crippen molar-refractivity contribution in [2.24, 2.45) is 0 Å². The molecule has 0 aliphatic carbocycles. The van der Waals surface area contributed by atoms with E-state index in [0.717, 1.165) is 67.8 Å². The van der Waals surface area contributed by atoms with E-state index in [1.54, 1.807) is 23.5 Å². The van der Waals surface area contributed by atoms with Crippen LogP contribution in [-0.4, -0.2) is 50.2 Å². The Kier molecular flexibility index (Phi) is 5.56. The summed E-state index contributed by atoms with van der Waals surface area (Å²) in [6.45, 7) is 8.48. The summed E-state index contributed by atoms with van der Waals surface area (Å²) >= 11 is 1.63. The van der Waals surface area contributed by atoms with E-state index in [-0.39, 0.29) is 5.82 Å². The fraction of sp³-hybridized carbons (Fsp3) is 0.400. The Morgan fingerprint density at radius 3 is 2.84 bits per heavy atom. The predicted octanol–water partition coefficient (Wildman–Crippen LogP) is 4.88. The third-order valence-corrected chi connectivity index (χ3v) is 7.64. The number of benzene rings is 2. The molecule has 1 saturated heterocycles. The molecule has 0 bridgehead atoms. The lowest BCUT2D eigenvalue weighted by Gasteiger charge is -2.42. The Morgan fingerprint density at radius 1 is 1.10 bits per heavy atom. The van der Waals surface area contributed by atoms with Crippen LogP contribution in [0.25, 0.3) is 10.1 Å². The van der Waals surface area contributed by atoms with Gasteiger partial charge in [-0.2, -0.15) is 5.26 Å². The maximum Gasteiger partial charge on any atom is 0.124 e. The number of anilines is 2. The van der Waals surface area contributed by atoms with Crippen LogP contribution in [-0.2, 0) is 6.42 Å². The number of rotatable bonds is 4. The van der Waals surface area contributed by atoms with Crippen molar-refractivity contribution in [1.82, 2.24) is 4.90 Å². The summed E-state index contributed by atoms with van der Waals surface area (Å²) in [4.78, 5) is 7.53. The Hall–Kier alpha value is -2.62. The summed E-state index contributed by atoms with van der Waals surface area (Å²) in [5, 5.41) is 12.5. The van der Waals surface area contributed by atoms with E-state index in [2.05, 4.69) is 45.2 Å². The molecule has 5 rings (SSSR count). The molecule has 1 unspecified atom stereocenters. The molecule has 0 saturated carbocycles. The van der Waals surface area contributed by atoms with E-state index in [0.29, 0.717) is 6.04 Å². The number of nitrogens with zero attached hydrogens (tertiary/aromatic N) is 4. The van der Waals surface area contributed by atoms with E-state index >= 15 is 0 Å². The fourth-order valence-electron chi connectivity index (χ4n) is 5.01. The second-order valence-electron chi connectivity index (χ2n) is 8.64. The van der Waals surface area contributed by atoms with Crippen molar-refractivity contribution in [3.8, 4) is 6.07 Å². The fourth-order valence-corrected chi connectivity index (χ4v) is 6.00. The van der Waals surface area contributed by atoms with Crippen molar-refractivity contribution >= 4 is 32.8 Å². The highest BCUT2D eigenvalue weighted by Gasteiger charge is 2.26. The first-order valence-corrected chi connectivity index (χ1v) is 11.9. The summed E-state index contributed by atoms with van der Waals surface area (Å²) in [6.07, 6.45) is 2.21. The largest absolute Gasteiger partial charge is 0.370 e. The maximum atomic E-state index is 13.5. The summed E-state index contributed by atoms with van der Waals surface area (Å²) in [5.41, 5.74) is 4.61. The molecule has 2 aromatic carbocycles. The van der Waals surface area contributed by atoms with E-state index in [9.17, 15) is 9.65 Å². The molecule has 4 nitrogen and oxygen atoms in total. The van der Waals surface area contributed by atoms with E-state index in [1.165, 1.54) is 16.9 Å². The highest BCUT2D eigenvalue weighted by Crippen LogP contribution is 2.34. The molecule has 2 aliphatic rings. The van der Waals surface area contributed by atoms with Gasteiger partial charge in [-0.05, 0) is 61.7 Å². The lowest BCUT2D eigenvalue weighted by molar-refractivity contribution is 0.193. The van der Waals surface area contributed by atoms with Crippen molar-refractivity contribution in [3.63, 3.8) is 0 Å². The molecule has 31 heavy (non-hydrogen) atoms. The number of halogens is 1. The van der Waals surface area contributed by atoms with Gasteiger partial charge in [0.25, 0.3) is 0 Å². The highest BCUT2D eigenvalue weighted by atomic mass is 32.1. The molecule has 3 heterocycles. The number of thiophene rings is 1. The van der Waals surface area contributed by atoms with Crippen LogP contribution in [0.15, 0.2) is 41.8 Å². The SMILES string of the molecule is CC1CN(c2csc3cc(F)ccc23)CCN1CCN1CCCc2cc(C#N)ccc21. The molecule has 1 atom stereocenters. The summed E-state index contributed by atoms with van der Waals surface area (Å²) < 4.78 is 14.6. The minimum atomic E-state index is -0.165. The van der Waals surface area contributed by atoms with Gasteiger partial charge in [0.2, 0.25) is 0 Å². The Balaban J connectivity index is 1.23. The summed E-state index contributed by atoms with van der Waals surface area (Å²) in [5.74, 6) is -0.165. The Labute approximate surface area is 187 Å². The number of fused-ring (bicyclic) bond motifs is 2. The van der Waals surface area contributed by atoms with Crippen LogP contribution in [0.1, 0.15) is 24.5 Å². The average Bonchev–Trinajstić information content (AvgIpc) is 3.20. The van der Waals surface area contributed by atoms with Crippen molar-refractivity contribution in [2.75, 3.05) is 49.1 Å². The summed E-state index contributed by atoms with van der Waals surface area (Å²) in [6, 6.07) is 14.0. The second kappa shape index (κ2) is 8.49. The van der Waals surface area contributed by atoms with Crippen LogP contribution >= 0.6 is 11.3 Å². The van der Waals surface area contributed by atoms with Crippen LogP contribution in [0.3, 0.4) is 0 Å². The molecule has 2 aliphatic heterocycles. The molecular weight excluding hydrogens is 407 g/mol. The van der Waals surface area contributed by atoms with Gasteiger partial charge in [-0.25, -0.2) is 4.39 Å². The smallest absolute Gasteiger partial charge is 0.124 e. The molecule has 1 fully saturated rings. The molecule has 0 N–H and O–H groups in total. The first-order valence-electron chi connectivity index (χ1n) is 11.1. The zero-order chi connectivity index (χ0) is 21.4. The minimum Gasteiger partial charge on any atom is -0.370 e. The van der Waals surface area contributed by atoms with Crippen LogP contribution in [0, 0.1) is 17.1 Å². The lowest BCUT2D eigenvalue weighted by Crippen LogP contribution is -2.53. The molecule has 160 valence electrons. The molecule has 0 radical (unpaired) electrons. The first-order chi connectivity index (χ1) is 15.1. The van der Waals surface area contributed by atoms with Crippen molar-refractivity contribution in [1.29, 1.82) is 5.26 Å². The van der Waals surface area contributed by atoms with Gasteiger partial charge in [-0.1, -0.05) is 0 Å². The van der Waals surface area contributed by atoms with Crippen LogP contribution in [0.5, 0.6) is 0 Å². The topological polar surface area (TPSA) is 33.5 Å². The maximum absolute atomic E-state index is 13.5. The van der Waals surface area contributed by atoms with E-state index in [1.807, 2.05) is 12.1 Å². The van der Waals surface area contributed by atoms with Crippen molar-refractivity contribution < 1.29 is 4.39 Å². The third kappa shape index (κ3) is 4.00. The molecule has 6 heteroatoms. The second-order valence-corrected chi connectivity index (χ2v) is 9.55. The zero-order valence-electron chi connectivity index (χ0n) is 17.9. The van der Waals surface area contributed by atoms with Gasteiger partial charge >= 0.3 is 0 Å². The summed E-state index contributed by atoms with van der Waals surface area (Å²) in [7, 11) is 0.